The molecule has 5 nitrogen and oxygen atoms in total. The van der Waals surface area contributed by atoms with Crippen LogP contribution in [-0.4, -0.2) is 43.1 Å². The van der Waals surface area contributed by atoms with Crippen LogP contribution in [0.5, 0.6) is 5.75 Å². The first-order valence-corrected chi connectivity index (χ1v) is 7.06. The molecule has 0 bridgehead atoms. The standard InChI is InChI=1S/C16H23NO4/c1-5-13-8-6-7-9-14(13)21-11-15(18)17(12(2)3)10-16(19)20-4/h6-9,12H,5,10-11H2,1-4H3. The van der Waals surface area contributed by atoms with Gasteiger partial charge in [-0.2, -0.15) is 0 Å². The molecule has 0 spiro atoms. The predicted octanol–water partition coefficient (Wildman–Crippen LogP) is 2.04. The van der Waals surface area contributed by atoms with Crippen LogP contribution in [0.4, 0.5) is 0 Å². The lowest BCUT2D eigenvalue weighted by Gasteiger charge is -2.25. The molecule has 1 amide bonds. The third-order valence-corrected chi connectivity index (χ3v) is 3.18. The molecule has 5 heteroatoms. The molecular formula is C16H23NO4. The van der Waals surface area contributed by atoms with Crippen LogP contribution in [0.2, 0.25) is 0 Å². The smallest absolute Gasteiger partial charge is 0.325 e. The van der Waals surface area contributed by atoms with Crippen molar-refractivity contribution in [1.82, 2.24) is 4.90 Å². The summed E-state index contributed by atoms with van der Waals surface area (Å²) in [4.78, 5) is 25.0. The van der Waals surface area contributed by atoms with Gasteiger partial charge in [0, 0.05) is 6.04 Å². The maximum absolute atomic E-state index is 12.2. The quantitative estimate of drug-likeness (QED) is 0.722. The van der Waals surface area contributed by atoms with Crippen molar-refractivity contribution in [2.45, 2.75) is 33.2 Å². The maximum atomic E-state index is 12.2. The lowest BCUT2D eigenvalue weighted by molar-refractivity contribution is -0.149. The van der Waals surface area contributed by atoms with Gasteiger partial charge in [-0.1, -0.05) is 25.1 Å². The van der Waals surface area contributed by atoms with Crippen LogP contribution in [0.15, 0.2) is 24.3 Å². The number of aryl methyl sites for hydroxylation is 1. The van der Waals surface area contributed by atoms with Crippen molar-refractivity contribution in [3.63, 3.8) is 0 Å². The molecule has 21 heavy (non-hydrogen) atoms. The first-order chi connectivity index (χ1) is 9.99. The zero-order chi connectivity index (χ0) is 15.8. The van der Waals surface area contributed by atoms with Gasteiger partial charge in [-0.25, -0.2) is 0 Å². The van der Waals surface area contributed by atoms with E-state index in [9.17, 15) is 9.59 Å². The van der Waals surface area contributed by atoms with Gasteiger partial charge in [-0.15, -0.1) is 0 Å². The lowest BCUT2D eigenvalue weighted by atomic mass is 10.1. The van der Waals surface area contributed by atoms with Crippen LogP contribution in [-0.2, 0) is 20.7 Å². The molecule has 1 aromatic carbocycles. The summed E-state index contributed by atoms with van der Waals surface area (Å²) in [5, 5.41) is 0. The van der Waals surface area contributed by atoms with Crippen molar-refractivity contribution in [2.24, 2.45) is 0 Å². The number of nitrogens with zero attached hydrogens (tertiary/aromatic N) is 1. The molecule has 0 aromatic heterocycles. The highest BCUT2D eigenvalue weighted by Crippen LogP contribution is 2.18. The number of para-hydroxylation sites is 1. The van der Waals surface area contributed by atoms with E-state index in [4.69, 9.17) is 4.74 Å². The fourth-order valence-corrected chi connectivity index (χ4v) is 1.92. The van der Waals surface area contributed by atoms with E-state index in [0.717, 1.165) is 12.0 Å². The number of rotatable bonds is 7. The Bertz CT molecular complexity index is 485. The molecule has 1 aromatic rings. The number of hydrogen-bond donors (Lipinski definition) is 0. The van der Waals surface area contributed by atoms with Crippen LogP contribution >= 0.6 is 0 Å². The average molecular weight is 293 g/mol. The summed E-state index contributed by atoms with van der Waals surface area (Å²) in [6, 6.07) is 7.51. The number of methoxy groups -OCH3 is 1. The second-order valence-electron chi connectivity index (χ2n) is 4.94. The Morgan fingerprint density at radius 1 is 1.24 bits per heavy atom. The Kier molecular flexibility index (Phi) is 6.72. The van der Waals surface area contributed by atoms with Crippen molar-refractivity contribution in [3.05, 3.63) is 29.8 Å². The summed E-state index contributed by atoms with van der Waals surface area (Å²) in [6.45, 7) is 5.57. The Hall–Kier alpha value is -2.04. The number of ether oxygens (including phenoxy) is 2. The highest BCUT2D eigenvalue weighted by atomic mass is 16.5. The minimum atomic E-state index is -0.439. The van der Waals surface area contributed by atoms with Crippen LogP contribution in [0.25, 0.3) is 0 Å². The zero-order valence-corrected chi connectivity index (χ0v) is 13.1. The van der Waals surface area contributed by atoms with Crippen LogP contribution in [0, 0.1) is 0 Å². The van der Waals surface area contributed by atoms with Gasteiger partial charge in [0.15, 0.2) is 6.61 Å². The van der Waals surface area contributed by atoms with Gasteiger partial charge in [0.1, 0.15) is 12.3 Å². The topological polar surface area (TPSA) is 55.8 Å². The van der Waals surface area contributed by atoms with Gasteiger partial charge in [0.05, 0.1) is 7.11 Å². The predicted molar refractivity (Wildman–Crippen MR) is 80.2 cm³/mol. The molecule has 0 aliphatic heterocycles. The molecule has 0 aliphatic rings. The number of hydrogen-bond acceptors (Lipinski definition) is 4. The van der Waals surface area contributed by atoms with Gasteiger partial charge in [-0.05, 0) is 31.9 Å². The second-order valence-corrected chi connectivity index (χ2v) is 4.94. The maximum Gasteiger partial charge on any atom is 0.325 e. The lowest BCUT2D eigenvalue weighted by Crippen LogP contribution is -2.43. The molecule has 0 atom stereocenters. The van der Waals surface area contributed by atoms with Crippen molar-refractivity contribution in [2.75, 3.05) is 20.3 Å². The van der Waals surface area contributed by atoms with Crippen molar-refractivity contribution in [3.8, 4) is 5.75 Å². The second kappa shape index (κ2) is 8.29. The van der Waals surface area contributed by atoms with Crippen molar-refractivity contribution in [1.29, 1.82) is 0 Å². The van der Waals surface area contributed by atoms with Gasteiger partial charge >= 0.3 is 5.97 Å². The zero-order valence-electron chi connectivity index (χ0n) is 13.1. The van der Waals surface area contributed by atoms with Crippen molar-refractivity contribution < 1.29 is 19.1 Å². The Morgan fingerprint density at radius 3 is 2.48 bits per heavy atom. The van der Waals surface area contributed by atoms with Crippen LogP contribution in [0.1, 0.15) is 26.3 Å². The van der Waals surface area contributed by atoms with E-state index in [1.165, 1.54) is 12.0 Å². The summed E-state index contributed by atoms with van der Waals surface area (Å²) >= 11 is 0. The van der Waals surface area contributed by atoms with Gasteiger partial charge in [0.2, 0.25) is 0 Å². The minimum absolute atomic E-state index is 0.0637. The molecule has 0 saturated heterocycles. The fourth-order valence-electron chi connectivity index (χ4n) is 1.92. The number of carbonyl (C=O) groups excluding carboxylic acids is 2. The number of carbonyl (C=O) groups is 2. The van der Waals surface area contributed by atoms with Crippen molar-refractivity contribution >= 4 is 11.9 Å². The monoisotopic (exact) mass is 293 g/mol. The molecule has 0 fully saturated rings. The summed E-state index contributed by atoms with van der Waals surface area (Å²) in [7, 11) is 1.30. The summed E-state index contributed by atoms with van der Waals surface area (Å²) in [6.07, 6.45) is 0.834. The molecule has 0 radical (unpaired) electrons. The summed E-state index contributed by atoms with van der Waals surface area (Å²) in [5.41, 5.74) is 1.05. The number of esters is 1. The minimum Gasteiger partial charge on any atom is -0.483 e. The van der Waals surface area contributed by atoms with E-state index in [-0.39, 0.29) is 25.1 Å². The molecule has 0 saturated carbocycles. The molecule has 0 aliphatic carbocycles. The van der Waals surface area contributed by atoms with Crippen LogP contribution < -0.4 is 4.74 Å². The van der Waals surface area contributed by atoms with E-state index in [0.29, 0.717) is 5.75 Å². The number of amides is 1. The van der Waals surface area contributed by atoms with E-state index < -0.39 is 5.97 Å². The van der Waals surface area contributed by atoms with E-state index >= 15 is 0 Å². The Labute approximate surface area is 125 Å². The Balaban J connectivity index is 2.67. The molecule has 1 rings (SSSR count). The molecule has 116 valence electrons. The highest BCUT2D eigenvalue weighted by Gasteiger charge is 2.21. The highest BCUT2D eigenvalue weighted by molar-refractivity contribution is 5.83. The van der Waals surface area contributed by atoms with E-state index in [1.807, 2.05) is 45.0 Å². The molecule has 0 heterocycles. The van der Waals surface area contributed by atoms with Gasteiger partial charge in [-0.3, -0.25) is 9.59 Å². The number of benzene rings is 1. The summed E-state index contributed by atoms with van der Waals surface area (Å²) < 4.78 is 10.2. The summed E-state index contributed by atoms with van der Waals surface area (Å²) in [5.74, 6) is 0.0300. The normalized spacial score (nSPS) is 10.3. The SMILES string of the molecule is CCc1ccccc1OCC(=O)N(CC(=O)OC)C(C)C. The third kappa shape index (κ3) is 5.10. The largest absolute Gasteiger partial charge is 0.483 e. The Morgan fingerprint density at radius 2 is 1.90 bits per heavy atom. The molecule has 0 unspecified atom stereocenters. The van der Waals surface area contributed by atoms with Crippen LogP contribution in [0.3, 0.4) is 0 Å². The van der Waals surface area contributed by atoms with Gasteiger partial charge < -0.3 is 14.4 Å². The molecule has 0 N–H and O–H groups in total. The third-order valence-electron chi connectivity index (χ3n) is 3.18. The fraction of sp³-hybridized carbons (Fsp3) is 0.500. The van der Waals surface area contributed by atoms with E-state index in [1.54, 1.807) is 0 Å². The van der Waals surface area contributed by atoms with E-state index in [2.05, 4.69) is 4.74 Å². The first kappa shape index (κ1) is 17.0. The molecular weight excluding hydrogens is 270 g/mol. The van der Waals surface area contributed by atoms with Gasteiger partial charge in [0.25, 0.3) is 5.91 Å². The first-order valence-electron chi connectivity index (χ1n) is 7.06. The average Bonchev–Trinajstić information content (AvgIpc) is 2.49.